The van der Waals surface area contributed by atoms with Crippen LogP contribution in [0.3, 0.4) is 0 Å². The van der Waals surface area contributed by atoms with E-state index in [1.807, 2.05) is 13.0 Å². The second-order valence-corrected chi connectivity index (χ2v) is 5.46. The van der Waals surface area contributed by atoms with Gasteiger partial charge in [0.2, 0.25) is 0 Å². The van der Waals surface area contributed by atoms with Gasteiger partial charge < -0.3 is 16.0 Å². The SMILES string of the molecule is CCC(C)Nc1cc(N2CCCC(N)C2)nc(C)n1. The van der Waals surface area contributed by atoms with Gasteiger partial charge in [-0.15, -0.1) is 0 Å². The highest BCUT2D eigenvalue weighted by Crippen LogP contribution is 2.20. The first-order valence-corrected chi connectivity index (χ1v) is 7.21. The maximum absolute atomic E-state index is 6.04. The summed E-state index contributed by atoms with van der Waals surface area (Å²) in [5.74, 6) is 2.71. The third-order valence-corrected chi connectivity index (χ3v) is 3.61. The van der Waals surface area contributed by atoms with E-state index in [1.54, 1.807) is 0 Å². The molecule has 1 aliphatic heterocycles. The molecule has 5 nitrogen and oxygen atoms in total. The second-order valence-electron chi connectivity index (χ2n) is 5.46. The molecule has 1 aromatic heterocycles. The Morgan fingerprint density at radius 3 is 3.00 bits per heavy atom. The summed E-state index contributed by atoms with van der Waals surface area (Å²) >= 11 is 0. The summed E-state index contributed by atoms with van der Waals surface area (Å²) in [6.07, 6.45) is 3.32. The fourth-order valence-corrected chi connectivity index (χ4v) is 2.36. The zero-order valence-corrected chi connectivity index (χ0v) is 12.2. The van der Waals surface area contributed by atoms with E-state index in [2.05, 4.69) is 34.0 Å². The molecule has 0 saturated carbocycles. The standard InChI is InChI=1S/C14H25N5/c1-4-10(2)16-13-8-14(18-11(3)17-13)19-7-5-6-12(15)9-19/h8,10,12H,4-7,9,15H2,1-3H3,(H,16,17,18). The summed E-state index contributed by atoms with van der Waals surface area (Å²) in [7, 11) is 0. The number of nitrogens with one attached hydrogen (secondary N) is 1. The van der Waals surface area contributed by atoms with Crippen molar-refractivity contribution in [1.82, 2.24) is 9.97 Å². The van der Waals surface area contributed by atoms with Crippen LogP contribution in [-0.4, -0.2) is 35.1 Å². The molecule has 106 valence electrons. The molecule has 0 amide bonds. The van der Waals surface area contributed by atoms with Gasteiger partial charge in [0.1, 0.15) is 17.5 Å². The van der Waals surface area contributed by atoms with Gasteiger partial charge in [0.15, 0.2) is 0 Å². The molecule has 5 heteroatoms. The molecule has 0 aromatic carbocycles. The molecular weight excluding hydrogens is 238 g/mol. The lowest BCUT2D eigenvalue weighted by Gasteiger charge is -2.32. The van der Waals surface area contributed by atoms with Crippen LogP contribution < -0.4 is 16.0 Å². The van der Waals surface area contributed by atoms with Crippen LogP contribution in [0.5, 0.6) is 0 Å². The Morgan fingerprint density at radius 1 is 1.53 bits per heavy atom. The number of hydrogen-bond acceptors (Lipinski definition) is 5. The molecule has 2 rings (SSSR count). The van der Waals surface area contributed by atoms with Crippen molar-refractivity contribution in [2.24, 2.45) is 5.73 Å². The minimum absolute atomic E-state index is 0.259. The number of aromatic nitrogens is 2. The Morgan fingerprint density at radius 2 is 2.32 bits per heavy atom. The minimum Gasteiger partial charge on any atom is -0.367 e. The number of piperidine rings is 1. The Balaban J connectivity index is 2.16. The van der Waals surface area contributed by atoms with Gasteiger partial charge in [-0.2, -0.15) is 0 Å². The molecule has 0 spiro atoms. The molecule has 2 heterocycles. The van der Waals surface area contributed by atoms with Gasteiger partial charge >= 0.3 is 0 Å². The number of anilines is 2. The van der Waals surface area contributed by atoms with Crippen molar-refractivity contribution in [2.45, 2.75) is 52.1 Å². The highest BCUT2D eigenvalue weighted by Gasteiger charge is 2.19. The summed E-state index contributed by atoms with van der Waals surface area (Å²) in [4.78, 5) is 11.3. The largest absolute Gasteiger partial charge is 0.367 e. The normalized spacial score (nSPS) is 21.3. The maximum Gasteiger partial charge on any atom is 0.134 e. The molecule has 0 radical (unpaired) electrons. The Bertz CT molecular complexity index is 420. The predicted molar refractivity (Wildman–Crippen MR) is 79.6 cm³/mol. The van der Waals surface area contributed by atoms with Crippen LogP contribution >= 0.6 is 0 Å². The number of hydrogen-bond donors (Lipinski definition) is 2. The molecule has 3 N–H and O–H groups in total. The zero-order chi connectivity index (χ0) is 13.8. The topological polar surface area (TPSA) is 67.1 Å². The molecule has 1 saturated heterocycles. The first-order chi connectivity index (χ1) is 9.08. The van der Waals surface area contributed by atoms with Gasteiger partial charge in [-0.05, 0) is 33.1 Å². The number of rotatable bonds is 4. The first kappa shape index (κ1) is 14.1. The van der Waals surface area contributed by atoms with Crippen LogP contribution in [0.25, 0.3) is 0 Å². The van der Waals surface area contributed by atoms with E-state index < -0.39 is 0 Å². The van der Waals surface area contributed by atoms with Gasteiger partial charge in [-0.3, -0.25) is 0 Å². The van der Waals surface area contributed by atoms with E-state index in [0.29, 0.717) is 6.04 Å². The summed E-state index contributed by atoms with van der Waals surface area (Å²) in [5.41, 5.74) is 6.04. The molecule has 2 unspecified atom stereocenters. The van der Waals surface area contributed by atoms with Crippen LogP contribution in [0.4, 0.5) is 11.6 Å². The molecular formula is C14H25N5. The Kier molecular flexibility index (Phi) is 4.58. The maximum atomic E-state index is 6.04. The van der Waals surface area contributed by atoms with E-state index in [1.165, 1.54) is 0 Å². The van der Waals surface area contributed by atoms with Crippen molar-refractivity contribution in [3.63, 3.8) is 0 Å². The van der Waals surface area contributed by atoms with Crippen molar-refractivity contribution in [2.75, 3.05) is 23.3 Å². The van der Waals surface area contributed by atoms with Gasteiger partial charge in [-0.1, -0.05) is 6.92 Å². The highest BCUT2D eigenvalue weighted by molar-refractivity contribution is 5.50. The lowest BCUT2D eigenvalue weighted by atomic mass is 10.1. The lowest BCUT2D eigenvalue weighted by Crippen LogP contribution is -2.43. The third-order valence-electron chi connectivity index (χ3n) is 3.61. The minimum atomic E-state index is 0.259. The van der Waals surface area contributed by atoms with Gasteiger partial charge in [-0.25, -0.2) is 9.97 Å². The summed E-state index contributed by atoms with van der Waals surface area (Å²) < 4.78 is 0. The van der Waals surface area contributed by atoms with Crippen molar-refractivity contribution >= 4 is 11.6 Å². The fraction of sp³-hybridized carbons (Fsp3) is 0.714. The monoisotopic (exact) mass is 263 g/mol. The van der Waals surface area contributed by atoms with E-state index >= 15 is 0 Å². The summed E-state index contributed by atoms with van der Waals surface area (Å²) in [5, 5.41) is 3.41. The van der Waals surface area contributed by atoms with Crippen LogP contribution in [0.1, 0.15) is 38.9 Å². The van der Waals surface area contributed by atoms with Gasteiger partial charge in [0.25, 0.3) is 0 Å². The van der Waals surface area contributed by atoms with Crippen LogP contribution in [0, 0.1) is 6.92 Å². The van der Waals surface area contributed by atoms with E-state index in [4.69, 9.17) is 5.73 Å². The van der Waals surface area contributed by atoms with Crippen LogP contribution in [-0.2, 0) is 0 Å². The second kappa shape index (κ2) is 6.19. The van der Waals surface area contributed by atoms with E-state index in [-0.39, 0.29) is 6.04 Å². The first-order valence-electron chi connectivity index (χ1n) is 7.21. The smallest absolute Gasteiger partial charge is 0.134 e. The molecule has 1 fully saturated rings. The molecule has 0 bridgehead atoms. The predicted octanol–water partition coefficient (Wildman–Crippen LogP) is 1.92. The highest BCUT2D eigenvalue weighted by atomic mass is 15.2. The van der Waals surface area contributed by atoms with Gasteiger partial charge in [0.05, 0.1) is 0 Å². The molecule has 1 aliphatic rings. The lowest BCUT2D eigenvalue weighted by molar-refractivity contribution is 0.502. The molecule has 19 heavy (non-hydrogen) atoms. The average Bonchev–Trinajstić information content (AvgIpc) is 2.38. The van der Waals surface area contributed by atoms with Crippen LogP contribution in [0.15, 0.2) is 6.07 Å². The van der Waals surface area contributed by atoms with Gasteiger partial charge in [0, 0.05) is 31.2 Å². The number of nitrogens with zero attached hydrogens (tertiary/aromatic N) is 3. The summed E-state index contributed by atoms with van der Waals surface area (Å²) in [6, 6.07) is 2.72. The van der Waals surface area contributed by atoms with E-state index in [9.17, 15) is 0 Å². The molecule has 2 atom stereocenters. The van der Waals surface area contributed by atoms with Crippen LogP contribution in [0.2, 0.25) is 0 Å². The average molecular weight is 263 g/mol. The molecule has 0 aliphatic carbocycles. The van der Waals surface area contributed by atoms with Crippen molar-refractivity contribution in [3.8, 4) is 0 Å². The molecule has 1 aromatic rings. The Labute approximate surface area is 115 Å². The Hall–Kier alpha value is -1.36. The number of aryl methyl sites for hydroxylation is 1. The summed E-state index contributed by atoms with van der Waals surface area (Å²) in [6.45, 7) is 8.19. The van der Waals surface area contributed by atoms with Crippen molar-refractivity contribution < 1.29 is 0 Å². The van der Waals surface area contributed by atoms with Crippen molar-refractivity contribution in [1.29, 1.82) is 0 Å². The zero-order valence-electron chi connectivity index (χ0n) is 12.2. The quantitative estimate of drug-likeness (QED) is 0.868. The van der Waals surface area contributed by atoms with E-state index in [0.717, 1.165) is 49.8 Å². The third kappa shape index (κ3) is 3.80. The van der Waals surface area contributed by atoms with Crippen molar-refractivity contribution in [3.05, 3.63) is 11.9 Å². The number of nitrogens with two attached hydrogens (primary N) is 1. The fourth-order valence-electron chi connectivity index (χ4n) is 2.36.